The van der Waals surface area contributed by atoms with Crippen LogP contribution in [0.15, 0.2) is 67.1 Å². The Hall–Kier alpha value is -4.85. The van der Waals surface area contributed by atoms with Crippen molar-refractivity contribution in [1.29, 1.82) is 0 Å². The number of thiocarbonyl (C=S) groups is 1. The molecule has 0 bridgehead atoms. The zero-order chi connectivity index (χ0) is 29.6. The molecule has 0 saturated heterocycles. The Morgan fingerprint density at radius 1 is 1.02 bits per heavy atom. The second-order valence-electron chi connectivity index (χ2n) is 8.44. The lowest BCUT2D eigenvalue weighted by atomic mass is 10.0. The maximum atomic E-state index is 14.3. The number of ketones is 1. The summed E-state index contributed by atoms with van der Waals surface area (Å²) in [6.07, 6.45) is -0.763. The molecule has 2 aromatic carbocycles. The fourth-order valence-electron chi connectivity index (χ4n) is 3.60. The molecule has 2 heterocycles. The molecule has 9 nitrogen and oxygen atoms in total. The summed E-state index contributed by atoms with van der Waals surface area (Å²) in [5, 5.41) is 5.20. The third-order valence-electron chi connectivity index (χ3n) is 5.51. The van der Waals surface area contributed by atoms with Crippen molar-refractivity contribution in [1.82, 2.24) is 15.0 Å². The highest BCUT2D eigenvalue weighted by atomic mass is 32.1. The third-order valence-corrected chi connectivity index (χ3v) is 5.75. The number of aromatic amines is 1. The van der Waals surface area contributed by atoms with E-state index >= 15 is 0 Å². The molecule has 14 heteroatoms. The van der Waals surface area contributed by atoms with Gasteiger partial charge >= 0.3 is 6.18 Å². The molecule has 3 N–H and O–H groups in total. The monoisotopic (exact) mass is 587 g/mol. The number of pyridine rings is 1. The smallest absolute Gasteiger partial charge is 0.417 e. The molecule has 0 saturated carbocycles. The molecule has 41 heavy (non-hydrogen) atoms. The van der Waals surface area contributed by atoms with Gasteiger partial charge in [-0.15, -0.1) is 0 Å². The van der Waals surface area contributed by atoms with Crippen LogP contribution in [0.2, 0.25) is 0 Å². The fraction of sp³-hybridized carbons (Fsp3) is 0.148. The molecule has 1 amide bonds. The van der Waals surface area contributed by atoms with Crippen molar-refractivity contribution in [2.24, 2.45) is 0 Å². The van der Waals surface area contributed by atoms with Crippen LogP contribution in [0.3, 0.4) is 0 Å². The molecule has 0 aliphatic carbocycles. The molecule has 212 valence electrons. The number of benzene rings is 2. The zero-order valence-electron chi connectivity index (χ0n) is 21.2. The maximum absolute atomic E-state index is 14.3. The largest absolute Gasteiger partial charge is 0.483 e. The van der Waals surface area contributed by atoms with Gasteiger partial charge in [0, 0.05) is 35.3 Å². The van der Waals surface area contributed by atoms with E-state index in [0.29, 0.717) is 11.6 Å². The van der Waals surface area contributed by atoms with E-state index in [1.54, 1.807) is 12.1 Å². The normalized spacial score (nSPS) is 11.0. The number of carbonyl (C=O) groups excluding carboxylic acids is 2. The van der Waals surface area contributed by atoms with Gasteiger partial charge in [0.25, 0.3) is 5.91 Å². The van der Waals surface area contributed by atoms with Gasteiger partial charge in [-0.2, -0.15) is 13.2 Å². The van der Waals surface area contributed by atoms with Crippen LogP contribution in [-0.4, -0.2) is 45.3 Å². The second kappa shape index (κ2) is 12.6. The van der Waals surface area contributed by atoms with Gasteiger partial charge < -0.3 is 25.1 Å². The third kappa shape index (κ3) is 7.63. The number of ether oxygens (including phenoxy) is 2. The van der Waals surface area contributed by atoms with E-state index in [1.165, 1.54) is 37.8 Å². The number of carbonyl (C=O) groups is 2. The van der Waals surface area contributed by atoms with Crippen molar-refractivity contribution in [2.75, 3.05) is 24.4 Å². The summed E-state index contributed by atoms with van der Waals surface area (Å²) in [6, 6.07) is 9.60. The van der Waals surface area contributed by atoms with Crippen molar-refractivity contribution in [2.45, 2.75) is 12.6 Å². The first-order valence-electron chi connectivity index (χ1n) is 11.8. The highest BCUT2D eigenvalue weighted by Crippen LogP contribution is 2.37. The number of imidazole rings is 1. The molecule has 0 spiro atoms. The summed E-state index contributed by atoms with van der Waals surface area (Å²) < 4.78 is 65.6. The van der Waals surface area contributed by atoms with E-state index < -0.39 is 41.6 Å². The summed E-state index contributed by atoms with van der Waals surface area (Å²) in [4.78, 5) is 35.7. The molecule has 4 rings (SSSR count). The molecular weight excluding hydrogens is 566 g/mol. The average Bonchev–Trinajstić information content (AvgIpc) is 3.47. The Bertz CT molecular complexity index is 1560. The number of amides is 1. The van der Waals surface area contributed by atoms with Gasteiger partial charge in [-0.25, -0.2) is 14.4 Å². The number of halogens is 4. The fourth-order valence-corrected chi connectivity index (χ4v) is 3.88. The average molecular weight is 588 g/mol. The van der Waals surface area contributed by atoms with Gasteiger partial charge in [0.15, 0.2) is 17.3 Å². The van der Waals surface area contributed by atoms with Gasteiger partial charge in [-0.3, -0.25) is 9.59 Å². The molecule has 0 radical (unpaired) electrons. The number of Topliss-reactive ketones (excluding diaryl/α,β-unsaturated/α-hetero) is 1. The minimum absolute atomic E-state index is 0.0133. The lowest BCUT2D eigenvalue weighted by molar-refractivity contribution is -0.137. The van der Waals surface area contributed by atoms with E-state index in [9.17, 15) is 27.2 Å². The van der Waals surface area contributed by atoms with Crippen molar-refractivity contribution < 1.29 is 36.6 Å². The molecule has 0 aliphatic rings. The summed E-state index contributed by atoms with van der Waals surface area (Å²) in [5.41, 5.74) is -0.929. The van der Waals surface area contributed by atoms with E-state index in [0.717, 1.165) is 24.3 Å². The number of rotatable bonds is 10. The van der Waals surface area contributed by atoms with Crippen LogP contribution in [0.5, 0.6) is 11.6 Å². The minimum atomic E-state index is -4.73. The number of nitrogens with zero attached hydrogens (tertiary/aromatic N) is 2. The first kappa shape index (κ1) is 29.1. The van der Waals surface area contributed by atoms with Gasteiger partial charge in [0.05, 0.1) is 36.0 Å². The van der Waals surface area contributed by atoms with E-state index in [2.05, 4.69) is 25.6 Å². The van der Waals surface area contributed by atoms with Crippen LogP contribution in [0.4, 0.5) is 28.9 Å². The second-order valence-corrected chi connectivity index (χ2v) is 8.93. The number of methoxy groups -OCH3 is 1. The van der Waals surface area contributed by atoms with Crippen LogP contribution < -0.4 is 20.1 Å². The summed E-state index contributed by atoms with van der Waals surface area (Å²) in [5.74, 6) is -2.12. The molecule has 0 fully saturated rings. The summed E-state index contributed by atoms with van der Waals surface area (Å²) >= 11 is 5.16. The van der Waals surface area contributed by atoms with Crippen molar-refractivity contribution in [3.05, 3.63) is 84.1 Å². The molecule has 0 aliphatic heterocycles. The molecular formula is C27H21F4N5O4S. The number of anilines is 2. The standard InChI is InChI=1S/C27H21F4N5O4S/c1-39-23-7-4-17(13-34-23)35-24(41)12-18(37)14-40-22-10-15(2-6-21(22)28)26(38)36-16-3-5-19(25-32-8-9-33-25)20(11-16)27(29,30)31/h2-11,13H,12,14H2,1H3,(H,32,33)(H,35,41)(H,36,38). The van der Waals surface area contributed by atoms with Crippen molar-refractivity contribution >= 4 is 40.3 Å². The van der Waals surface area contributed by atoms with Crippen molar-refractivity contribution in [3.8, 4) is 23.0 Å². The lowest BCUT2D eigenvalue weighted by Gasteiger charge is -2.14. The van der Waals surface area contributed by atoms with Crippen LogP contribution >= 0.6 is 12.2 Å². The summed E-state index contributed by atoms with van der Waals surface area (Å²) in [6.45, 7) is -0.548. The zero-order valence-corrected chi connectivity index (χ0v) is 22.0. The molecule has 0 unspecified atom stereocenters. The predicted molar refractivity (Wildman–Crippen MR) is 146 cm³/mol. The number of hydrogen-bond donors (Lipinski definition) is 3. The van der Waals surface area contributed by atoms with E-state index in [1.807, 2.05) is 0 Å². The first-order chi connectivity index (χ1) is 19.5. The number of nitrogens with one attached hydrogen (secondary N) is 3. The van der Waals surface area contributed by atoms with Gasteiger partial charge in [-0.05, 0) is 42.5 Å². The number of alkyl halides is 3. The topological polar surface area (TPSA) is 118 Å². The lowest BCUT2D eigenvalue weighted by Crippen LogP contribution is -2.20. The Morgan fingerprint density at radius 2 is 1.80 bits per heavy atom. The Kier molecular flexibility index (Phi) is 8.92. The predicted octanol–water partition coefficient (Wildman–Crippen LogP) is 5.67. The number of aromatic nitrogens is 3. The van der Waals surface area contributed by atoms with Crippen LogP contribution in [0.1, 0.15) is 22.3 Å². The van der Waals surface area contributed by atoms with Gasteiger partial charge in [-0.1, -0.05) is 12.2 Å². The van der Waals surface area contributed by atoms with Crippen LogP contribution in [0, 0.1) is 5.82 Å². The number of H-pyrrole nitrogens is 1. The van der Waals surface area contributed by atoms with E-state index in [-0.39, 0.29) is 34.0 Å². The minimum Gasteiger partial charge on any atom is -0.483 e. The molecule has 2 aromatic heterocycles. The SMILES string of the molecule is COc1ccc(NC(=S)CC(=O)COc2cc(C(=O)Nc3ccc(-c4ncc[nH]4)c(C(F)(F)F)c3)ccc2F)cn1. The number of hydrogen-bond acceptors (Lipinski definition) is 7. The quantitative estimate of drug-likeness (QED) is 0.161. The van der Waals surface area contributed by atoms with Crippen molar-refractivity contribution in [3.63, 3.8) is 0 Å². The summed E-state index contributed by atoms with van der Waals surface area (Å²) in [7, 11) is 1.47. The van der Waals surface area contributed by atoms with Crippen LogP contribution in [0.25, 0.3) is 11.4 Å². The molecule has 4 aromatic rings. The first-order valence-corrected chi connectivity index (χ1v) is 12.2. The van der Waals surface area contributed by atoms with Gasteiger partial charge in [0.2, 0.25) is 5.88 Å². The maximum Gasteiger partial charge on any atom is 0.417 e. The van der Waals surface area contributed by atoms with Crippen LogP contribution in [-0.2, 0) is 11.0 Å². The molecule has 0 atom stereocenters. The Morgan fingerprint density at radius 3 is 2.46 bits per heavy atom. The van der Waals surface area contributed by atoms with Gasteiger partial charge in [0.1, 0.15) is 12.4 Å². The Labute approximate surface area is 235 Å². The Balaban J connectivity index is 1.38. The van der Waals surface area contributed by atoms with E-state index in [4.69, 9.17) is 21.7 Å². The highest BCUT2D eigenvalue weighted by Gasteiger charge is 2.34. The highest BCUT2D eigenvalue weighted by molar-refractivity contribution is 7.80.